The number of urea groups is 1. The van der Waals surface area contributed by atoms with Crippen LogP contribution in [-0.2, 0) is 4.74 Å². The van der Waals surface area contributed by atoms with Crippen LogP contribution < -0.4 is 5.32 Å². The highest BCUT2D eigenvalue weighted by Crippen LogP contribution is 2.42. The summed E-state index contributed by atoms with van der Waals surface area (Å²) in [6, 6.07) is 5.97. The van der Waals surface area contributed by atoms with Gasteiger partial charge in [-0.2, -0.15) is 0 Å². The smallest absolute Gasteiger partial charge is 0.323 e. The molecule has 2 heterocycles. The lowest BCUT2D eigenvalue weighted by atomic mass is 10.1. The molecular formula is C16H17FN4O2S. The SMILES string of the molecule is O=C(Nc1nnc(C2CC2)s1)N1CCOC(c2ccc(F)cc2)C1. The molecule has 2 amide bonds. The molecule has 0 bridgehead atoms. The van der Waals surface area contributed by atoms with Crippen molar-refractivity contribution < 1.29 is 13.9 Å². The van der Waals surface area contributed by atoms with E-state index in [0.29, 0.717) is 30.7 Å². The van der Waals surface area contributed by atoms with Gasteiger partial charge in [-0.05, 0) is 30.5 Å². The predicted molar refractivity (Wildman–Crippen MR) is 87.6 cm³/mol. The van der Waals surface area contributed by atoms with Crippen molar-refractivity contribution in [2.75, 3.05) is 25.0 Å². The minimum atomic E-state index is -0.285. The highest BCUT2D eigenvalue weighted by atomic mass is 32.1. The van der Waals surface area contributed by atoms with Crippen molar-refractivity contribution in [3.05, 3.63) is 40.7 Å². The van der Waals surface area contributed by atoms with E-state index in [0.717, 1.165) is 23.4 Å². The van der Waals surface area contributed by atoms with Crippen molar-refractivity contribution in [3.63, 3.8) is 0 Å². The lowest BCUT2D eigenvalue weighted by molar-refractivity contribution is -0.0135. The van der Waals surface area contributed by atoms with Gasteiger partial charge in [0.1, 0.15) is 16.9 Å². The van der Waals surface area contributed by atoms with Crippen LogP contribution in [0.1, 0.15) is 35.4 Å². The fourth-order valence-electron chi connectivity index (χ4n) is 2.66. The van der Waals surface area contributed by atoms with E-state index in [1.807, 2.05) is 0 Å². The van der Waals surface area contributed by atoms with E-state index in [4.69, 9.17) is 4.74 Å². The maximum absolute atomic E-state index is 13.0. The molecule has 1 unspecified atom stereocenters. The van der Waals surface area contributed by atoms with Crippen molar-refractivity contribution in [2.45, 2.75) is 24.9 Å². The monoisotopic (exact) mass is 348 g/mol. The highest BCUT2D eigenvalue weighted by molar-refractivity contribution is 7.15. The topological polar surface area (TPSA) is 67.4 Å². The van der Waals surface area contributed by atoms with Crippen LogP contribution in [0.4, 0.5) is 14.3 Å². The molecule has 1 saturated carbocycles. The van der Waals surface area contributed by atoms with E-state index >= 15 is 0 Å². The fraction of sp³-hybridized carbons (Fsp3) is 0.438. The zero-order valence-electron chi connectivity index (χ0n) is 12.9. The summed E-state index contributed by atoms with van der Waals surface area (Å²) in [7, 11) is 0. The summed E-state index contributed by atoms with van der Waals surface area (Å²) in [5, 5.41) is 12.5. The molecule has 1 atom stereocenters. The predicted octanol–water partition coefficient (Wildman–Crippen LogP) is 3.16. The third-order valence-corrected chi connectivity index (χ3v) is 5.18. The Morgan fingerprint density at radius 1 is 1.29 bits per heavy atom. The summed E-state index contributed by atoms with van der Waals surface area (Å²) in [5.41, 5.74) is 0.862. The first-order valence-corrected chi connectivity index (χ1v) is 8.77. The first-order valence-electron chi connectivity index (χ1n) is 7.95. The normalized spacial score (nSPS) is 20.9. The lowest BCUT2D eigenvalue weighted by Gasteiger charge is -2.32. The molecule has 1 saturated heterocycles. The number of nitrogens with zero attached hydrogens (tertiary/aromatic N) is 3. The van der Waals surface area contributed by atoms with Gasteiger partial charge in [0.25, 0.3) is 0 Å². The van der Waals surface area contributed by atoms with E-state index in [1.165, 1.54) is 23.5 Å². The van der Waals surface area contributed by atoms with Gasteiger partial charge < -0.3 is 9.64 Å². The second-order valence-corrected chi connectivity index (χ2v) is 7.02. The van der Waals surface area contributed by atoms with Gasteiger partial charge in [0.15, 0.2) is 0 Å². The largest absolute Gasteiger partial charge is 0.370 e. The van der Waals surface area contributed by atoms with E-state index in [-0.39, 0.29) is 18.0 Å². The van der Waals surface area contributed by atoms with Gasteiger partial charge in [-0.3, -0.25) is 5.32 Å². The number of benzene rings is 1. The molecule has 0 spiro atoms. The molecule has 2 aliphatic rings. The second kappa shape index (κ2) is 6.45. The zero-order chi connectivity index (χ0) is 16.5. The number of amides is 2. The molecule has 1 aliphatic heterocycles. The maximum Gasteiger partial charge on any atom is 0.323 e. The molecule has 1 aromatic heterocycles. The Hall–Kier alpha value is -2.06. The number of halogens is 1. The molecule has 6 nitrogen and oxygen atoms in total. The first kappa shape index (κ1) is 15.5. The molecule has 24 heavy (non-hydrogen) atoms. The van der Waals surface area contributed by atoms with Crippen LogP contribution in [0.15, 0.2) is 24.3 Å². The minimum absolute atomic E-state index is 0.205. The van der Waals surface area contributed by atoms with Gasteiger partial charge in [-0.15, -0.1) is 10.2 Å². The fourth-order valence-corrected chi connectivity index (χ4v) is 3.57. The Morgan fingerprint density at radius 3 is 2.83 bits per heavy atom. The van der Waals surface area contributed by atoms with Crippen LogP contribution in [-0.4, -0.2) is 40.8 Å². The Kier molecular flexibility index (Phi) is 4.15. The van der Waals surface area contributed by atoms with Crippen molar-refractivity contribution in [2.24, 2.45) is 0 Å². The summed E-state index contributed by atoms with van der Waals surface area (Å²) in [4.78, 5) is 14.1. The van der Waals surface area contributed by atoms with Crippen LogP contribution in [0, 0.1) is 5.82 Å². The number of hydrogen-bond donors (Lipinski definition) is 1. The van der Waals surface area contributed by atoms with Crippen molar-refractivity contribution in [1.29, 1.82) is 0 Å². The third-order valence-electron chi connectivity index (χ3n) is 4.18. The quantitative estimate of drug-likeness (QED) is 0.925. The number of rotatable bonds is 3. The molecule has 1 aromatic carbocycles. The van der Waals surface area contributed by atoms with Gasteiger partial charge in [0.2, 0.25) is 5.13 Å². The summed E-state index contributed by atoms with van der Waals surface area (Å²) in [5.74, 6) is 0.242. The molecule has 2 aromatic rings. The highest BCUT2D eigenvalue weighted by Gasteiger charge is 2.29. The first-order chi connectivity index (χ1) is 11.7. The molecule has 1 N–H and O–H groups in total. The van der Waals surface area contributed by atoms with Crippen LogP contribution >= 0.6 is 11.3 Å². The lowest BCUT2D eigenvalue weighted by Crippen LogP contribution is -2.44. The number of carbonyl (C=O) groups excluding carboxylic acids is 1. The summed E-state index contributed by atoms with van der Waals surface area (Å²) >= 11 is 1.44. The van der Waals surface area contributed by atoms with Crippen LogP contribution in [0.2, 0.25) is 0 Å². The number of hydrogen-bond acceptors (Lipinski definition) is 5. The molecule has 8 heteroatoms. The van der Waals surface area contributed by atoms with Crippen molar-refractivity contribution in [1.82, 2.24) is 15.1 Å². The number of carbonyl (C=O) groups is 1. The van der Waals surface area contributed by atoms with E-state index in [1.54, 1.807) is 17.0 Å². The minimum Gasteiger partial charge on any atom is -0.370 e. The molecule has 1 aliphatic carbocycles. The van der Waals surface area contributed by atoms with Gasteiger partial charge in [-0.1, -0.05) is 23.5 Å². The standard InChI is InChI=1S/C16H17FN4O2S/c17-12-5-3-10(4-6-12)13-9-21(7-8-23-13)16(22)18-15-20-19-14(24-15)11-1-2-11/h3-6,11,13H,1-2,7-9H2,(H,18,20,22). The number of anilines is 1. The van der Waals surface area contributed by atoms with Gasteiger partial charge in [-0.25, -0.2) is 9.18 Å². The summed E-state index contributed by atoms with van der Waals surface area (Å²) in [6.07, 6.45) is 2.07. The summed E-state index contributed by atoms with van der Waals surface area (Å²) < 4.78 is 18.7. The average molecular weight is 348 g/mol. The van der Waals surface area contributed by atoms with Crippen LogP contribution in [0.25, 0.3) is 0 Å². The number of aromatic nitrogens is 2. The Labute approximate surface area is 142 Å². The molecule has 126 valence electrons. The van der Waals surface area contributed by atoms with Gasteiger partial charge in [0, 0.05) is 12.5 Å². The summed E-state index contributed by atoms with van der Waals surface area (Å²) in [6.45, 7) is 1.38. The Morgan fingerprint density at radius 2 is 2.08 bits per heavy atom. The van der Waals surface area contributed by atoms with Gasteiger partial charge >= 0.3 is 6.03 Å². The Bertz CT molecular complexity index is 732. The number of morpholine rings is 1. The number of ether oxygens (including phenoxy) is 1. The van der Waals surface area contributed by atoms with Crippen LogP contribution in [0.3, 0.4) is 0 Å². The average Bonchev–Trinajstić information content (AvgIpc) is 3.35. The van der Waals surface area contributed by atoms with Crippen molar-refractivity contribution >= 4 is 22.5 Å². The number of nitrogens with one attached hydrogen (secondary N) is 1. The van der Waals surface area contributed by atoms with Gasteiger partial charge in [0.05, 0.1) is 13.2 Å². The van der Waals surface area contributed by atoms with E-state index < -0.39 is 0 Å². The maximum atomic E-state index is 13.0. The molecule has 4 rings (SSSR count). The Balaban J connectivity index is 1.39. The third kappa shape index (κ3) is 3.39. The second-order valence-electron chi connectivity index (χ2n) is 6.01. The van der Waals surface area contributed by atoms with E-state index in [9.17, 15) is 9.18 Å². The molecular weight excluding hydrogens is 331 g/mol. The van der Waals surface area contributed by atoms with Crippen LogP contribution in [0.5, 0.6) is 0 Å². The molecule has 2 fully saturated rings. The zero-order valence-corrected chi connectivity index (χ0v) is 13.8. The molecule has 0 radical (unpaired) electrons. The van der Waals surface area contributed by atoms with E-state index in [2.05, 4.69) is 15.5 Å². The van der Waals surface area contributed by atoms with Crippen molar-refractivity contribution in [3.8, 4) is 0 Å².